The average Bonchev–Trinajstić information content (AvgIpc) is 3.36. The van der Waals surface area contributed by atoms with Crippen LogP contribution in [0.2, 0.25) is 0 Å². The molecule has 2 heterocycles. The van der Waals surface area contributed by atoms with E-state index in [0.29, 0.717) is 44.7 Å². The third-order valence-electron chi connectivity index (χ3n) is 5.16. The lowest BCUT2D eigenvalue weighted by molar-refractivity contribution is -0.122. The molecule has 0 spiro atoms. The summed E-state index contributed by atoms with van der Waals surface area (Å²) in [7, 11) is 3.15. The molecule has 2 amide bonds. The van der Waals surface area contributed by atoms with E-state index in [1.165, 1.54) is 23.1 Å². The zero-order valence-electron chi connectivity index (χ0n) is 20.3. The Hall–Kier alpha value is -2.50. The number of nitrogens with zero attached hydrogens (tertiary/aromatic N) is 3. The number of thioether (sulfide) groups is 1. The number of thiocarbonyl (C=S) groups is 1. The maximum atomic E-state index is 12.9. The first-order chi connectivity index (χ1) is 16.8. The van der Waals surface area contributed by atoms with Gasteiger partial charge in [0.1, 0.15) is 9.33 Å². The van der Waals surface area contributed by atoms with Crippen molar-refractivity contribution in [2.24, 2.45) is 5.92 Å². The third kappa shape index (κ3) is 7.74. The van der Waals surface area contributed by atoms with Gasteiger partial charge in [0.05, 0.1) is 19.1 Å². The van der Waals surface area contributed by atoms with E-state index in [-0.39, 0.29) is 11.8 Å². The molecule has 188 valence electrons. The SMILES string of the molecule is COc1ccc(C=C2SC(=S)N(CCCCCC(=O)Nc3nnc(CC(C)C)s3)C2=O)cc1OC. The Bertz CT molecular complexity index is 1100. The van der Waals surface area contributed by atoms with E-state index in [2.05, 4.69) is 29.4 Å². The first kappa shape index (κ1) is 27.1. The van der Waals surface area contributed by atoms with Crippen molar-refractivity contribution in [3.63, 3.8) is 0 Å². The molecule has 1 aromatic heterocycles. The van der Waals surface area contributed by atoms with E-state index < -0.39 is 0 Å². The monoisotopic (exact) mass is 534 g/mol. The summed E-state index contributed by atoms with van der Waals surface area (Å²) in [5, 5.41) is 12.4. The highest BCUT2D eigenvalue weighted by Gasteiger charge is 2.31. The molecule has 1 aliphatic heterocycles. The second-order valence-corrected chi connectivity index (χ2v) is 11.1. The molecule has 1 aromatic carbocycles. The number of aromatic nitrogens is 2. The number of amides is 2. The minimum atomic E-state index is -0.0963. The highest BCUT2D eigenvalue weighted by molar-refractivity contribution is 8.26. The summed E-state index contributed by atoms with van der Waals surface area (Å²) >= 11 is 8.14. The van der Waals surface area contributed by atoms with Gasteiger partial charge in [-0.2, -0.15) is 0 Å². The lowest BCUT2D eigenvalue weighted by Crippen LogP contribution is -2.29. The molecule has 11 heteroatoms. The Labute approximate surface area is 219 Å². The van der Waals surface area contributed by atoms with E-state index in [0.717, 1.165) is 36.3 Å². The van der Waals surface area contributed by atoms with Gasteiger partial charge >= 0.3 is 0 Å². The number of carbonyl (C=O) groups is 2. The Morgan fingerprint density at radius 2 is 1.94 bits per heavy atom. The summed E-state index contributed by atoms with van der Waals surface area (Å²) in [6.45, 7) is 4.77. The third-order valence-corrected chi connectivity index (χ3v) is 7.40. The fraction of sp³-hybridized carbons (Fsp3) is 0.458. The fourth-order valence-electron chi connectivity index (χ4n) is 3.44. The van der Waals surface area contributed by atoms with E-state index in [9.17, 15) is 9.59 Å². The summed E-state index contributed by atoms with van der Waals surface area (Å²) in [6, 6.07) is 5.49. The van der Waals surface area contributed by atoms with Crippen molar-refractivity contribution in [3.05, 3.63) is 33.7 Å². The van der Waals surface area contributed by atoms with Crippen molar-refractivity contribution in [2.75, 3.05) is 26.1 Å². The minimum Gasteiger partial charge on any atom is -0.493 e. The standard InChI is InChI=1S/C24H30N4O4S3/c1-15(2)12-21-26-27-23(35-21)25-20(29)8-6-5-7-11-28-22(30)19(34-24(28)33)14-16-9-10-17(31-3)18(13-16)32-4/h9-10,13-15H,5-8,11-12H2,1-4H3,(H,25,27,29). The summed E-state index contributed by atoms with van der Waals surface area (Å²) < 4.78 is 11.1. The van der Waals surface area contributed by atoms with Crippen LogP contribution in [0.4, 0.5) is 5.13 Å². The molecule has 1 aliphatic rings. The predicted molar refractivity (Wildman–Crippen MR) is 145 cm³/mol. The van der Waals surface area contributed by atoms with Crippen LogP contribution in [0.5, 0.6) is 11.5 Å². The van der Waals surface area contributed by atoms with Crippen molar-refractivity contribution in [2.45, 2.75) is 46.0 Å². The van der Waals surface area contributed by atoms with Gasteiger partial charge in [0.25, 0.3) is 5.91 Å². The molecule has 3 rings (SSSR count). The van der Waals surface area contributed by atoms with Gasteiger partial charge in [0.15, 0.2) is 11.5 Å². The summed E-state index contributed by atoms with van der Waals surface area (Å²) in [6.07, 6.45) is 5.37. The smallest absolute Gasteiger partial charge is 0.266 e. The van der Waals surface area contributed by atoms with Crippen molar-refractivity contribution in [1.82, 2.24) is 15.1 Å². The quantitative estimate of drug-likeness (QED) is 0.227. The summed E-state index contributed by atoms with van der Waals surface area (Å²) in [4.78, 5) is 27.3. The highest BCUT2D eigenvalue weighted by atomic mass is 32.2. The molecule has 2 aromatic rings. The molecule has 35 heavy (non-hydrogen) atoms. The maximum absolute atomic E-state index is 12.9. The number of ether oxygens (including phenoxy) is 2. The molecule has 1 N–H and O–H groups in total. The Morgan fingerprint density at radius 1 is 1.17 bits per heavy atom. The van der Waals surface area contributed by atoms with Crippen LogP contribution in [0, 0.1) is 5.92 Å². The van der Waals surface area contributed by atoms with E-state index in [1.807, 2.05) is 18.2 Å². The van der Waals surface area contributed by atoms with Crippen LogP contribution in [0.15, 0.2) is 23.1 Å². The van der Waals surface area contributed by atoms with Crippen LogP contribution < -0.4 is 14.8 Å². The molecule has 0 unspecified atom stereocenters. The van der Waals surface area contributed by atoms with Crippen LogP contribution >= 0.6 is 35.3 Å². The van der Waals surface area contributed by atoms with Crippen LogP contribution in [-0.4, -0.2) is 52.0 Å². The van der Waals surface area contributed by atoms with Crippen LogP contribution in [0.3, 0.4) is 0 Å². The van der Waals surface area contributed by atoms with Crippen molar-refractivity contribution in [1.29, 1.82) is 0 Å². The van der Waals surface area contributed by atoms with Gasteiger partial charge in [0, 0.05) is 19.4 Å². The zero-order chi connectivity index (χ0) is 25.4. The fourth-order valence-corrected chi connectivity index (χ4v) is 5.71. The Kier molecular flexibility index (Phi) is 10.1. The number of carbonyl (C=O) groups excluding carboxylic acids is 2. The van der Waals surface area contributed by atoms with E-state index in [1.54, 1.807) is 25.2 Å². The first-order valence-electron chi connectivity index (χ1n) is 11.4. The lowest BCUT2D eigenvalue weighted by atomic mass is 10.1. The molecule has 0 atom stereocenters. The molecule has 1 saturated heterocycles. The number of nitrogens with one attached hydrogen (secondary N) is 1. The number of methoxy groups -OCH3 is 2. The van der Waals surface area contributed by atoms with Crippen LogP contribution in [0.25, 0.3) is 6.08 Å². The number of rotatable bonds is 12. The molecule has 8 nitrogen and oxygen atoms in total. The molecular weight excluding hydrogens is 504 g/mol. The van der Waals surface area contributed by atoms with Gasteiger partial charge in [-0.15, -0.1) is 10.2 Å². The van der Waals surface area contributed by atoms with E-state index >= 15 is 0 Å². The second-order valence-electron chi connectivity index (χ2n) is 8.41. The number of anilines is 1. The number of hydrogen-bond donors (Lipinski definition) is 1. The van der Waals surface area contributed by atoms with Crippen molar-refractivity contribution < 1.29 is 19.1 Å². The van der Waals surface area contributed by atoms with Crippen molar-refractivity contribution in [3.8, 4) is 11.5 Å². The maximum Gasteiger partial charge on any atom is 0.266 e. The molecule has 1 fully saturated rings. The molecular formula is C24H30N4O4S3. The second kappa shape index (κ2) is 13.0. The minimum absolute atomic E-state index is 0.0688. The van der Waals surface area contributed by atoms with Gasteiger partial charge in [-0.1, -0.05) is 61.7 Å². The van der Waals surface area contributed by atoms with Gasteiger partial charge in [-0.25, -0.2) is 0 Å². The van der Waals surface area contributed by atoms with Gasteiger partial charge in [0.2, 0.25) is 11.0 Å². The van der Waals surface area contributed by atoms with E-state index in [4.69, 9.17) is 21.7 Å². The summed E-state index contributed by atoms with van der Waals surface area (Å²) in [5.74, 6) is 1.56. The largest absolute Gasteiger partial charge is 0.493 e. The average molecular weight is 535 g/mol. The highest BCUT2D eigenvalue weighted by Crippen LogP contribution is 2.34. The van der Waals surface area contributed by atoms with Gasteiger partial charge < -0.3 is 14.8 Å². The lowest BCUT2D eigenvalue weighted by Gasteiger charge is -2.14. The molecule has 0 saturated carbocycles. The summed E-state index contributed by atoms with van der Waals surface area (Å²) in [5.41, 5.74) is 0.834. The van der Waals surface area contributed by atoms with Crippen LogP contribution in [-0.2, 0) is 16.0 Å². The first-order valence-corrected chi connectivity index (χ1v) is 13.4. The van der Waals surface area contributed by atoms with Crippen molar-refractivity contribution >= 4 is 62.7 Å². The van der Waals surface area contributed by atoms with Gasteiger partial charge in [-0.05, 0) is 42.5 Å². The predicted octanol–water partition coefficient (Wildman–Crippen LogP) is 5.15. The normalized spacial score (nSPS) is 14.8. The number of unbranched alkanes of at least 4 members (excludes halogenated alkanes) is 2. The topological polar surface area (TPSA) is 93.6 Å². The zero-order valence-corrected chi connectivity index (χ0v) is 22.8. The number of hydrogen-bond acceptors (Lipinski definition) is 9. The molecule has 0 aliphatic carbocycles. The van der Waals surface area contributed by atoms with Crippen LogP contribution in [0.1, 0.15) is 50.1 Å². The molecule has 0 radical (unpaired) electrons. The Morgan fingerprint density at radius 3 is 2.66 bits per heavy atom. The van der Waals surface area contributed by atoms with Gasteiger partial charge in [-0.3, -0.25) is 14.5 Å². The Balaban J connectivity index is 1.43. The molecule has 0 bridgehead atoms. The number of benzene rings is 1.